The van der Waals surface area contributed by atoms with E-state index in [1.54, 1.807) is 44.2 Å². The van der Waals surface area contributed by atoms with Gasteiger partial charge >= 0.3 is 5.97 Å². The highest BCUT2D eigenvalue weighted by Crippen LogP contribution is 2.31. The molecule has 0 bridgehead atoms. The second kappa shape index (κ2) is 9.87. The number of hydrogen-bond acceptors (Lipinski definition) is 7. The summed E-state index contributed by atoms with van der Waals surface area (Å²) in [4.78, 5) is 31.5. The van der Waals surface area contributed by atoms with Crippen molar-refractivity contribution in [2.75, 3.05) is 13.2 Å². The van der Waals surface area contributed by atoms with Crippen LogP contribution < -0.4 is 19.6 Å². The number of fused-ring (bicyclic) bond motifs is 1. The number of carbonyl (C=O) groups is 1. The van der Waals surface area contributed by atoms with E-state index in [0.29, 0.717) is 43.5 Å². The van der Waals surface area contributed by atoms with Crippen molar-refractivity contribution in [2.45, 2.75) is 26.8 Å². The van der Waals surface area contributed by atoms with Gasteiger partial charge in [0.1, 0.15) is 11.5 Å². The normalized spacial score (nSPS) is 15.6. The lowest BCUT2D eigenvalue weighted by molar-refractivity contribution is -0.139. The Morgan fingerprint density at radius 2 is 1.94 bits per heavy atom. The fourth-order valence-corrected chi connectivity index (χ4v) is 5.02. The minimum atomic E-state index is -0.721. The molecule has 2 aromatic carbocycles. The molecule has 1 aromatic heterocycles. The molecule has 0 radical (unpaired) electrons. The van der Waals surface area contributed by atoms with Gasteiger partial charge in [-0.15, -0.1) is 0 Å². The van der Waals surface area contributed by atoms with Crippen molar-refractivity contribution in [1.29, 1.82) is 0 Å². The third-order valence-electron chi connectivity index (χ3n) is 5.30. The average Bonchev–Trinajstić information content (AvgIpc) is 3.11. The molecule has 1 aliphatic rings. The summed E-state index contributed by atoms with van der Waals surface area (Å²) in [5, 5.41) is 10.6. The molecule has 0 amide bonds. The molecular formula is C25H23ClN2O5S. The maximum Gasteiger partial charge on any atom is 0.338 e. The zero-order valence-electron chi connectivity index (χ0n) is 18.9. The first-order chi connectivity index (χ1) is 16.3. The Morgan fingerprint density at radius 1 is 1.21 bits per heavy atom. The first-order valence-corrected chi connectivity index (χ1v) is 11.9. The Balaban J connectivity index is 1.93. The molecule has 0 aliphatic carbocycles. The number of rotatable bonds is 6. The number of thiazole rings is 1. The molecule has 34 heavy (non-hydrogen) atoms. The second-order valence-electron chi connectivity index (χ2n) is 7.51. The fourth-order valence-electron chi connectivity index (χ4n) is 3.80. The van der Waals surface area contributed by atoms with Crippen molar-refractivity contribution in [3.8, 4) is 11.5 Å². The highest BCUT2D eigenvalue weighted by atomic mass is 35.5. The van der Waals surface area contributed by atoms with Gasteiger partial charge in [-0.1, -0.05) is 35.1 Å². The van der Waals surface area contributed by atoms with Crippen LogP contribution in [0.2, 0.25) is 5.02 Å². The van der Waals surface area contributed by atoms with Gasteiger partial charge in [0.05, 0.1) is 35.1 Å². The van der Waals surface area contributed by atoms with E-state index in [0.717, 1.165) is 5.56 Å². The number of phenols is 1. The number of hydrogen-bond donors (Lipinski definition) is 1. The molecule has 0 spiro atoms. The molecule has 7 nitrogen and oxygen atoms in total. The van der Waals surface area contributed by atoms with Crippen LogP contribution in [0.1, 0.15) is 37.9 Å². The van der Waals surface area contributed by atoms with Gasteiger partial charge in [-0.05, 0) is 62.7 Å². The number of ether oxygens (including phenoxy) is 2. The lowest BCUT2D eigenvalue weighted by Crippen LogP contribution is -2.39. The Morgan fingerprint density at radius 3 is 2.62 bits per heavy atom. The summed E-state index contributed by atoms with van der Waals surface area (Å²) < 4.78 is 12.7. The van der Waals surface area contributed by atoms with E-state index in [1.807, 2.05) is 19.1 Å². The number of allylic oxidation sites excluding steroid dienone is 1. The molecule has 1 N–H and O–H groups in total. The van der Waals surface area contributed by atoms with Crippen LogP contribution in [0.4, 0.5) is 0 Å². The van der Waals surface area contributed by atoms with E-state index in [1.165, 1.54) is 22.0 Å². The Labute approximate surface area is 204 Å². The van der Waals surface area contributed by atoms with Crippen LogP contribution >= 0.6 is 22.9 Å². The van der Waals surface area contributed by atoms with Crippen molar-refractivity contribution >= 4 is 35.0 Å². The SMILES string of the molecule is CCOC(=O)C1=C(C)N=c2s/c(=C\c3cc(Cl)ccc3O)c(=O)n2[C@H]1c1ccc(OCC)cc1. The van der Waals surface area contributed by atoms with Gasteiger partial charge in [-0.25, -0.2) is 9.79 Å². The molecule has 1 aliphatic heterocycles. The number of carbonyl (C=O) groups excluding carboxylic acids is 1. The summed E-state index contributed by atoms with van der Waals surface area (Å²) in [6.45, 7) is 6.08. The highest BCUT2D eigenvalue weighted by Gasteiger charge is 2.33. The monoisotopic (exact) mass is 498 g/mol. The Bertz CT molecular complexity index is 1450. The molecule has 0 saturated heterocycles. The van der Waals surface area contributed by atoms with Crippen molar-refractivity contribution in [3.63, 3.8) is 0 Å². The molecule has 0 saturated carbocycles. The summed E-state index contributed by atoms with van der Waals surface area (Å²) in [5.41, 5.74) is 1.58. The van der Waals surface area contributed by atoms with Gasteiger partial charge in [0.2, 0.25) is 0 Å². The Hall–Kier alpha value is -3.36. The van der Waals surface area contributed by atoms with Gasteiger partial charge in [-0.3, -0.25) is 9.36 Å². The Kier molecular flexibility index (Phi) is 6.90. The predicted molar refractivity (Wildman–Crippen MR) is 131 cm³/mol. The zero-order chi connectivity index (χ0) is 24.4. The standard InChI is InChI=1S/C25H23ClN2O5S/c1-4-32-18-9-6-15(7-10-18)22-21(24(31)33-5-2)14(3)27-25-28(22)23(30)20(34-25)13-16-12-17(26)8-11-19(16)29/h6-13,22,29H,4-5H2,1-3H3/b20-13-/t22-/m0/s1. The number of halogens is 1. The van der Waals surface area contributed by atoms with E-state index >= 15 is 0 Å². The van der Waals surface area contributed by atoms with Crippen LogP contribution in [0.15, 0.2) is 63.5 Å². The number of nitrogens with zero attached hydrogens (tertiary/aromatic N) is 2. The molecule has 9 heteroatoms. The maximum atomic E-state index is 13.6. The number of esters is 1. The molecule has 4 rings (SSSR count). The maximum absolute atomic E-state index is 13.6. The smallest absolute Gasteiger partial charge is 0.338 e. The molecule has 3 aromatic rings. The van der Waals surface area contributed by atoms with Crippen molar-refractivity contribution in [1.82, 2.24) is 4.57 Å². The number of phenolic OH excluding ortho intramolecular Hbond substituents is 1. The number of aromatic nitrogens is 1. The van der Waals surface area contributed by atoms with Gasteiger partial charge in [0.25, 0.3) is 5.56 Å². The van der Waals surface area contributed by atoms with Gasteiger partial charge in [-0.2, -0.15) is 0 Å². The van der Waals surface area contributed by atoms with Crippen LogP contribution in [-0.2, 0) is 9.53 Å². The number of aromatic hydroxyl groups is 1. The molecule has 2 heterocycles. The van der Waals surface area contributed by atoms with Crippen LogP contribution in [0.5, 0.6) is 11.5 Å². The van der Waals surface area contributed by atoms with Crippen molar-refractivity contribution in [3.05, 3.63) is 89.6 Å². The first-order valence-electron chi connectivity index (χ1n) is 10.7. The second-order valence-corrected chi connectivity index (χ2v) is 8.95. The lowest BCUT2D eigenvalue weighted by atomic mass is 9.96. The van der Waals surface area contributed by atoms with Crippen LogP contribution in [0.25, 0.3) is 6.08 Å². The first kappa shape index (κ1) is 23.8. The quantitative estimate of drug-likeness (QED) is 0.525. The van der Waals surface area contributed by atoms with E-state index < -0.39 is 12.0 Å². The summed E-state index contributed by atoms with van der Waals surface area (Å²) in [6, 6.07) is 11.2. The van der Waals surface area contributed by atoms with E-state index in [9.17, 15) is 14.7 Å². The molecule has 176 valence electrons. The van der Waals surface area contributed by atoms with Gasteiger partial charge in [0.15, 0.2) is 4.80 Å². The third-order valence-corrected chi connectivity index (χ3v) is 6.52. The summed E-state index contributed by atoms with van der Waals surface area (Å²) in [6.07, 6.45) is 1.57. The molecule has 0 fully saturated rings. The minimum absolute atomic E-state index is 0.00157. The van der Waals surface area contributed by atoms with E-state index in [-0.39, 0.29) is 17.9 Å². The predicted octanol–water partition coefficient (Wildman–Crippen LogP) is 3.56. The minimum Gasteiger partial charge on any atom is -0.507 e. The van der Waals surface area contributed by atoms with Crippen LogP contribution in [0, 0.1) is 0 Å². The molecular weight excluding hydrogens is 476 g/mol. The highest BCUT2D eigenvalue weighted by molar-refractivity contribution is 7.07. The van der Waals surface area contributed by atoms with Gasteiger partial charge in [0, 0.05) is 10.6 Å². The van der Waals surface area contributed by atoms with E-state index in [2.05, 4.69) is 4.99 Å². The zero-order valence-corrected chi connectivity index (χ0v) is 20.4. The van der Waals surface area contributed by atoms with Crippen LogP contribution in [0.3, 0.4) is 0 Å². The molecule has 1 atom stereocenters. The summed E-state index contributed by atoms with van der Waals surface area (Å²) >= 11 is 7.24. The topological polar surface area (TPSA) is 90.1 Å². The van der Waals surface area contributed by atoms with Crippen molar-refractivity contribution < 1.29 is 19.4 Å². The number of benzene rings is 2. The average molecular weight is 499 g/mol. The molecule has 0 unspecified atom stereocenters. The van der Waals surface area contributed by atoms with E-state index in [4.69, 9.17) is 21.1 Å². The van der Waals surface area contributed by atoms with Crippen molar-refractivity contribution in [2.24, 2.45) is 4.99 Å². The fraction of sp³-hybridized carbons (Fsp3) is 0.240. The van der Waals surface area contributed by atoms with Crippen LogP contribution in [-0.4, -0.2) is 28.9 Å². The lowest BCUT2D eigenvalue weighted by Gasteiger charge is -2.24. The summed E-state index contributed by atoms with van der Waals surface area (Å²) in [5.74, 6) is 0.166. The third kappa shape index (κ3) is 4.51. The largest absolute Gasteiger partial charge is 0.507 e. The van der Waals surface area contributed by atoms with Gasteiger partial charge < -0.3 is 14.6 Å². The summed E-state index contributed by atoms with van der Waals surface area (Å²) in [7, 11) is 0.